The summed E-state index contributed by atoms with van der Waals surface area (Å²) in [5.41, 5.74) is 4.62. The van der Waals surface area contributed by atoms with Gasteiger partial charge >= 0.3 is 12.1 Å². The fourth-order valence-electron chi connectivity index (χ4n) is 3.80. The lowest BCUT2D eigenvalue weighted by atomic mass is 9.98. The molecule has 2 aromatic rings. The Morgan fingerprint density at radius 3 is 2.13 bits per heavy atom. The number of carbonyl (C=O) groups excluding carboxylic acids is 2. The molecule has 1 aliphatic carbocycles. The Hall–Kier alpha value is -3.35. The molecule has 1 unspecified atom stereocenters. The van der Waals surface area contributed by atoms with Crippen LogP contribution in [0.25, 0.3) is 11.1 Å². The van der Waals surface area contributed by atoms with Crippen molar-refractivity contribution in [2.45, 2.75) is 32.2 Å². The smallest absolute Gasteiger partial charge is 0.407 e. The number of carbonyl (C=O) groups is 3. The van der Waals surface area contributed by atoms with Crippen molar-refractivity contribution in [3.8, 4) is 11.1 Å². The van der Waals surface area contributed by atoms with Crippen LogP contribution in [0.3, 0.4) is 0 Å². The highest BCUT2D eigenvalue weighted by Crippen LogP contribution is 2.44. The topological polar surface area (TPSA) is 95.9 Å². The zero-order valence-electron chi connectivity index (χ0n) is 18.0. The number of alkyl carbamates (subject to hydrolysis) is 1. The summed E-state index contributed by atoms with van der Waals surface area (Å²) in [7, 11) is 1.47. The largest absolute Gasteiger partial charge is 0.480 e. The number of aliphatic carboxylic acids is 1. The van der Waals surface area contributed by atoms with Crippen molar-refractivity contribution >= 4 is 18.0 Å². The molecule has 0 bridgehead atoms. The molecule has 2 N–H and O–H groups in total. The molecule has 0 spiro atoms. The van der Waals surface area contributed by atoms with Crippen molar-refractivity contribution in [2.24, 2.45) is 5.92 Å². The molecule has 3 rings (SSSR count). The minimum atomic E-state index is -1.06. The van der Waals surface area contributed by atoms with E-state index in [4.69, 9.17) is 9.84 Å². The lowest BCUT2D eigenvalue weighted by Gasteiger charge is -2.23. The minimum absolute atomic E-state index is 0.0108. The Morgan fingerprint density at radius 2 is 1.58 bits per heavy atom. The van der Waals surface area contributed by atoms with Gasteiger partial charge in [0.2, 0.25) is 5.91 Å². The van der Waals surface area contributed by atoms with Gasteiger partial charge in [0.05, 0.1) is 0 Å². The fourth-order valence-corrected chi connectivity index (χ4v) is 3.80. The Balaban J connectivity index is 1.50. The highest BCUT2D eigenvalue weighted by molar-refractivity contribution is 5.83. The molecule has 0 heterocycles. The number of nitrogens with one attached hydrogen (secondary N) is 1. The third-order valence-corrected chi connectivity index (χ3v) is 5.79. The maximum Gasteiger partial charge on any atom is 0.407 e. The van der Waals surface area contributed by atoms with E-state index in [0.717, 1.165) is 11.1 Å². The number of fused-ring (bicyclic) bond motifs is 3. The second-order valence-corrected chi connectivity index (χ2v) is 8.03. The molecule has 0 aromatic heterocycles. The summed E-state index contributed by atoms with van der Waals surface area (Å²) < 4.78 is 5.49. The molecule has 0 aliphatic heterocycles. The predicted octanol–water partition coefficient (Wildman–Crippen LogP) is 3.48. The van der Waals surface area contributed by atoms with Gasteiger partial charge < -0.3 is 20.1 Å². The Labute approximate surface area is 182 Å². The van der Waals surface area contributed by atoms with E-state index in [1.54, 1.807) is 0 Å². The molecule has 0 fully saturated rings. The summed E-state index contributed by atoms with van der Waals surface area (Å²) in [6.45, 7) is 3.77. The Bertz CT molecular complexity index is 928. The Morgan fingerprint density at radius 1 is 1.03 bits per heavy atom. The van der Waals surface area contributed by atoms with Gasteiger partial charge in [-0.3, -0.25) is 4.79 Å². The number of benzene rings is 2. The molecule has 2 aromatic carbocycles. The van der Waals surface area contributed by atoms with E-state index in [1.807, 2.05) is 31.2 Å². The zero-order chi connectivity index (χ0) is 22.5. The molecule has 7 nitrogen and oxygen atoms in total. The molecule has 2 atom stereocenters. The Kier molecular flexibility index (Phi) is 6.95. The monoisotopic (exact) mass is 424 g/mol. The van der Waals surface area contributed by atoms with E-state index in [0.29, 0.717) is 0 Å². The number of ether oxygens (including phenoxy) is 1. The second kappa shape index (κ2) is 9.64. The number of likely N-dealkylation sites (N-methyl/N-ethyl adjacent to an activating group) is 1. The van der Waals surface area contributed by atoms with Gasteiger partial charge in [0.15, 0.2) is 0 Å². The van der Waals surface area contributed by atoms with E-state index < -0.39 is 18.1 Å². The zero-order valence-corrected chi connectivity index (χ0v) is 18.0. The lowest BCUT2D eigenvalue weighted by Crippen LogP contribution is -2.41. The summed E-state index contributed by atoms with van der Waals surface area (Å²) in [4.78, 5) is 36.6. The van der Waals surface area contributed by atoms with Gasteiger partial charge in [-0.25, -0.2) is 9.59 Å². The summed E-state index contributed by atoms with van der Waals surface area (Å²) in [5.74, 6) is -1.50. The molecule has 1 aliphatic rings. The molecular formula is C24H28N2O5. The first kappa shape index (κ1) is 22.3. The van der Waals surface area contributed by atoms with E-state index in [2.05, 4.69) is 29.6 Å². The molecule has 7 heteroatoms. The SMILES string of the molecule is CC(CNC(=O)OCC1c2ccccc2-c2ccccc21)CC(=O)N(C)[C@@H](C)C(=O)O. The van der Waals surface area contributed by atoms with Crippen LogP contribution in [0.4, 0.5) is 4.79 Å². The third kappa shape index (κ3) is 5.05. The molecule has 31 heavy (non-hydrogen) atoms. The minimum Gasteiger partial charge on any atom is -0.480 e. The number of carboxylic acid groups (broad SMARTS) is 1. The number of hydrogen-bond acceptors (Lipinski definition) is 4. The van der Waals surface area contributed by atoms with Crippen LogP contribution >= 0.6 is 0 Å². The van der Waals surface area contributed by atoms with Crippen LogP contribution in [-0.2, 0) is 14.3 Å². The van der Waals surface area contributed by atoms with Crippen LogP contribution in [-0.4, -0.2) is 54.2 Å². The van der Waals surface area contributed by atoms with Gasteiger partial charge in [0.1, 0.15) is 12.6 Å². The predicted molar refractivity (Wildman–Crippen MR) is 117 cm³/mol. The average molecular weight is 424 g/mol. The molecule has 0 saturated heterocycles. The standard InChI is InChI=1S/C24H28N2O5/c1-15(12-22(27)26(3)16(2)23(28)29)13-25-24(30)31-14-21-19-10-6-4-8-17(19)18-9-5-7-11-20(18)21/h4-11,15-16,21H,12-14H2,1-3H3,(H,25,30)(H,28,29)/t15?,16-/m0/s1. The van der Waals surface area contributed by atoms with Gasteiger partial charge in [0.25, 0.3) is 0 Å². The summed E-state index contributed by atoms with van der Waals surface area (Å²) in [5, 5.41) is 11.7. The highest BCUT2D eigenvalue weighted by atomic mass is 16.5. The number of nitrogens with zero attached hydrogens (tertiary/aromatic N) is 1. The lowest BCUT2D eigenvalue weighted by molar-refractivity contribution is -0.148. The second-order valence-electron chi connectivity index (χ2n) is 8.03. The van der Waals surface area contributed by atoms with E-state index in [9.17, 15) is 14.4 Å². The first-order valence-electron chi connectivity index (χ1n) is 10.4. The molecule has 164 valence electrons. The average Bonchev–Trinajstić information content (AvgIpc) is 3.08. The van der Waals surface area contributed by atoms with Crippen molar-refractivity contribution in [1.29, 1.82) is 0 Å². The molecule has 0 saturated carbocycles. The summed E-state index contributed by atoms with van der Waals surface area (Å²) in [6, 6.07) is 15.4. The maximum atomic E-state index is 12.2. The van der Waals surface area contributed by atoms with Crippen molar-refractivity contribution < 1.29 is 24.2 Å². The van der Waals surface area contributed by atoms with Gasteiger partial charge in [0, 0.05) is 25.9 Å². The van der Waals surface area contributed by atoms with E-state index in [1.165, 1.54) is 30.0 Å². The van der Waals surface area contributed by atoms with Crippen LogP contribution in [0, 0.1) is 5.92 Å². The number of amides is 2. The first-order valence-corrected chi connectivity index (χ1v) is 10.4. The first-order chi connectivity index (χ1) is 14.8. The van der Waals surface area contributed by atoms with Crippen LogP contribution in [0.5, 0.6) is 0 Å². The van der Waals surface area contributed by atoms with Gasteiger partial charge in [-0.15, -0.1) is 0 Å². The maximum absolute atomic E-state index is 12.2. The van der Waals surface area contributed by atoms with E-state index >= 15 is 0 Å². The van der Waals surface area contributed by atoms with Gasteiger partial charge in [-0.2, -0.15) is 0 Å². The summed E-state index contributed by atoms with van der Waals surface area (Å²) >= 11 is 0. The summed E-state index contributed by atoms with van der Waals surface area (Å²) in [6.07, 6.45) is -0.397. The van der Waals surface area contributed by atoms with Crippen molar-refractivity contribution in [3.05, 3.63) is 59.7 Å². The van der Waals surface area contributed by atoms with Crippen molar-refractivity contribution in [1.82, 2.24) is 10.2 Å². The van der Waals surface area contributed by atoms with Crippen LogP contribution in [0.15, 0.2) is 48.5 Å². The molecule has 2 amide bonds. The number of hydrogen-bond donors (Lipinski definition) is 2. The van der Waals surface area contributed by atoms with Crippen molar-refractivity contribution in [2.75, 3.05) is 20.2 Å². The highest BCUT2D eigenvalue weighted by Gasteiger charge is 2.29. The molecular weight excluding hydrogens is 396 g/mol. The number of rotatable bonds is 8. The van der Waals surface area contributed by atoms with Crippen LogP contribution in [0.1, 0.15) is 37.3 Å². The quantitative estimate of drug-likeness (QED) is 0.676. The number of carboxylic acids is 1. The normalized spacial score (nSPS) is 14.2. The van der Waals surface area contributed by atoms with Crippen molar-refractivity contribution in [3.63, 3.8) is 0 Å². The van der Waals surface area contributed by atoms with Gasteiger partial charge in [-0.05, 0) is 35.1 Å². The fraction of sp³-hybridized carbons (Fsp3) is 0.375. The van der Waals surface area contributed by atoms with Gasteiger partial charge in [-0.1, -0.05) is 55.5 Å². The van der Waals surface area contributed by atoms with E-state index in [-0.39, 0.29) is 37.3 Å². The van der Waals surface area contributed by atoms with Crippen LogP contribution < -0.4 is 5.32 Å². The third-order valence-electron chi connectivity index (χ3n) is 5.79. The molecule has 0 radical (unpaired) electrons. The van der Waals surface area contributed by atoms with Crippen LogP contribution in [0.2, 0.25) is 0 Å².